The second-order valence-electron chi connectivity index (χ2n) is 3.38. The van der Waals surface area contributed by atoms with Gasteiger partial charge in [-0.15, -0.1) is 0 Å². The summed E-state index contributed by atoms with van der Waals surface area (Å²) >= 11 is 0. The topological polar surface area (TPSA) is 55.1 Å². The Labute approximate surface area is 76.2 Å². The first-order chi connectivity index (χ1) is 6.25. The molecule has 0 fully saturated rings. The van der Waals surface area contributed by atoms with E-state index in [0.717, 1.165) is 19.4 Å². The molecule has 0 radical (unpaired) electrons. The number of carbonyl (C=O) groups is 1. The molecule has 1 aromatic heterocycles. The summed E-state index contributed by atoms with van der Waals surface area (Å²) in [5, 5.41) is 12.8. The monoisotopic (exact) mass is 180 g/mol. The Balaban J connectivity index is 2.20. The van der Waals surface area contributed by atoms with Gasteiger partial charge in [0.15, 0.2) is 0 Å². The Morgan fingerprint density at radius 2 is 2.46 bits per heavy atom. The third-order valence-electron chi connectivity index (χ3n) is 2.30. The van der Waals surface area contributed by atoms with Gasteiger partial charge in [0.1, 0.15) is 0 Å². The minimum absolute atomic E-state index is 0.0417. The van der Waals surface area contributed by atoms with Crippen molar-refractivity contribution in [3.05, 3.63) is 17.5 Å². The number of aryl methyl sites for hydroxylation is 2. The van der Waals surface area contributed by atoms with E-state index in [9.17, 15) is 4.79 Å². The van der Waals surface area contributed by atoms with Gasteiger partial charge in [-0.3, -0.25) is 9.48 Å². The number of hydrogen-bond acceptors (Lipinski definition) is 2. The molecular weight excluding hydrogens is 168 g/mol. The van der Waals surface area contributed by atoms with E-state index < -0.39 is 5.97 Å². The lowest BCUT2D eigenvalue weighted by atomic mass is 10.1. The molecule has 0 amide bonds. The number of aromatic nitrogens is 2. The molecule has 0 saturated heterocycles. The lowest BCUT2D eigenvalue weighted by molar-refractivity contribution is -0.136. The van der Waals surface area contributed by atoms with Gasteiger partial charge in [0.2, 0.25) is 0 Å². The van der Waals surface area contributed by atoms with E-state index in [0.29, 0.717) is 5.69 Å². The predicted octanol–water partition coefficient (Wildman–Crippen LogP) is 0.846. The van der Waals surface area contributed by atoms with Gasteiger partial charge in [0, 0.05) is 12.2 Å². The predicted molar refractivity (Wildman–Crippen MR) is 46.5 cm³/mol. The van der Waals surface area contributed by atoms with Crippen LogP contribution < -0.4 is 0 Å². The Bertz CT molecular complexity index is 307. The highest BCUT2D eigenvalue weighted by atomic mass is 16.4. The molecule has 2 rings (SSSR count). The normalized spacial score (nSPS) is 15.4. The number of fused-ring (bicyclic) bond motifs is 1. The van der Waals surface area contributed by atoms with Crippen LogP contribution in [0.5, 0.6) is 0 Å². The van der Waals surface area contributed by atoms with Crippen LogP contribution >= 0.6 is 0 Å². The van der Waals surface area contributed by atoms with Crippen LogP contribution in [0, 0.1) is 0 Å². The highest BCUT2D eigenvalue weighted by Gasteiger charge is 2.13. The lowest BCUT2D eigenvalue weighted by Gasteiger charge is -2.11. The number of hydrogen-bond donors (Lipinski definition) is 1. The smallest absolute Gasteiger partial charge is 0.309 e. The van der Waals surface area contributed by atoms with Gasteiger partial charge in [-0.05, 0) is 25.3 Å². The highest BCUT2D eigenvalue weighted by molar-refractivity contribution is 5.69. The summed E-state index contributed by atoms with van der Waals surface area (Å²) in [6, 6.07) is 1.91. The van der Waals surface area contributed by atoms with Crippen LogP contribution in [0.1, 0.15) is 24.2 Å². The van der Waals surface area contributed by atoms with Crippen molar-refractivity contribution in [1.29, 1.82) is 0 Å². The molecule has 1 aromatic rings. The summed E-state index contributed by atoms with van der Waals surface area (Å²) in [5.41, 5.74) is 1.87. The molecule has 0 bridgehead atoms. The summed E-state index contributed by atoms with van der Waals surface area (Å²) in [6.07, 6.45) is 3.42. The van der Waals surface area contributed by atoms with Crippen LogP contribution in [0.4, 0.5) is 0 Å². The molecule has 4 heteroatoms. The molecule has 1 aliphatic rings. The van der Waals surface area contributed by atoms with Crippen LogP contribution in [-0.4, -0.2) is 20.9 Å². The van der Waals surface area contributed by atoms with E-state index in [4.69, 9.17) is 5.11 Å². The number of aliphatic carboxylic acids is 1. The molecule has 0 unspecified atom stereocenters. The number of carboxylic acids is 1. The Kier molecular flexibility index (Phi) is 2.04. The number of nitrogens with zero attached hydrogens (tertiary/aromatic N) is 2. The molecule has 4 nitrogen and oxygen atoms in total. The van der Waals surface area contributed by atoms with E-state index >= 15 is 0 Å². The molecule has 0 saturated carbocycles. The van der Waals surface area contributed by atoms with Crippen molar-refractivity contribution in [2.45, 2.75) is 32.2 Å². The largest absolute Gasteiger partial charge is 0.481 e. The average molecular weight is 180 g/mol. The van der Waals surface area contributed by atoms with Crippen LogP contribution in [0.3, 0.4) is 0 Å². The fourth-order valence-electron chi connectivity index (χ4n) is 1.72. The second kappa shape index (κ2) is 3.20. The van der Waals surface area contributed by atoms with Gasteiger partial charge in [0.05, 0.1) is 12.1 Å². The van der Waals surface area contributed by atoms with Crippen molar-refractivity contribution in [3.63, 3.8) is 0 Å². The molecule has 70 valence electrons. The fraction of sp³-hybridized carbons (Fsp3) is 0.556. The summed E-state index contributed by atoms with van der Waals surface area (Å²) < 4.78 is 1.93. The molecule has 1 N–H and O–H groups in total. The maximum absolute atomic E-state index is 10.4. The quantitative estimate of drug-likeness (QED) is 0.734. The highest BCUT2D eigenvalue weighted by Crippen LogP contribution is 2.15. The molecule has 0 spiro atoms. The standard InChI is InChI=1S/C9H12N2O2/c12-9(13)6-7-5-8-3-1-2-4-11(8)10-7/h5H,1-4,6H2,(H,12,13). The van der Waals surface area contributed by atoms with Gasteiger partial charge in [-0.25, -0.2) is 0 Å². The Morgan fingerprint density at radius 1 is 1.62 bits per heavy atom. The van der Waals surface area contributed by atoms with Crippen molar-refractivity contribution < 1.29 is 9.90 Å². The van der Waals surface area contributed by atoms with E-state index in [1.165, 1.54) is 12.1 Å². The van der Waals surface area contributed by atoms with Gasteiger partial charge < -0.3 is 5.11 Å². The van der Waals surface area contributed by atoms with Crippen molar-refractivity contribution in [1.82, 2.24) is 9.78 Å². The lowest BCUT2D eigenvalue weighted by Crippen LogP contribution is -2.11. The first-order valence-electron chi connectivity index (χ1n) is 4.53. The minimum Gasteiger partial charge on any atom is -0.481 e. The van der Waals surface area contributed by atoms with Gasteiger partial charge in [-0.2, -0.15) is 5.10 Å². The van der Waals surface area contributed by atoms with E-state index in [-0.39, 0.29) is 6.42 Å². The zero-order valence-corrected chi connectivity index (χ0v) is 7.36. The molecule has 1 aliphatic heterocycles. The van der Waals surface area contributed by atoms with Crippen molar-refractivity contribution >= 4 is 5.97 Å². The van der Waals surface area contributed by atoms with Crippen LogP contribution in [0.2, 0.25) is 0 Å². The summed E-state index contributed by atoms with van der Waals surface area (Å²) in [5.74, 6) is -0.810. The molecular formula is C9H12N2O2. The third kappa shape index (κ3) is 1.71. The van der Waals surface area contributed by atoms with Crippen molar-refractivity contribution in [2.24, 2.45) is 0 Å². The summed E-state index contributed by atoms with van der Waals surface area (Å²) in [7, 11) is 0. The van der Waals surface area contributed by atoms with Gasteiger partial charge in [0.25, 0.3) is 0 Å². The zero-order valence-electron chi connectivity index (χ0n) is 7.36. The van der Waals surface area contributed by atoms with Crippen molar-refractivity contribution in [2.75, 3.05) is 0 Å². The van der Waals surface area contributed by atoms with E-state index in [1.54, 1.807) is 0 Å². The number of rotatable bonds is 2. The average Bonchev–Trinajstić information content (AvgIpc) is 2.44. The van der Waals surface area contributed by atoms with E-state index in [2.05, 4.69) is 5.10 Å². The molecule has 2 heterocycles. The van der Waals surface area contributed by atoms with E-state index in [1.807, 2.05) is 10.7 Å². The first kappa shape index (κ1) is 8.29. The van der Waals surface area contributed by atoms with Crippen LogP contribution in [0.15, 0.2) is 6.07 Å². The maximum atomic E-state index is 10.4. The number of carboxylic acid groups (broad SMARTS) is 1. The maximum Gasteiger partial charge on any atom is 0.309 e. The Hall–Kier alpha value is -1.32. The van der Waals surface area contributed by atoms with Gasteiger partial charge >= 0.3 is 5.97 Å². The zero-order chi connectivity index (χ0) is 9.26. The first-order valence-corrected chi connectivity index (χ1v) is 4.53. The summed E-state index contributed by atoms with van der Waals surface area (Å²) in [6.45, 7) is 0.939. The fourth-order valence-corrected chi connectivity index (χ4v) is 1.72. The Morgan fingerprint density at radius 3 is 3.15 bits per heavy atom. The molecule has 13 heavy (non-hydrogen) atoms. The van der Waals surface area contributed by atoms with Gasteiger partial charge in [-0.1, -0.05) is 0 Å². The molecule has 0 aliphatic carbocycles. The third-order valence-corrected chi connectivity index (χ3v) is 2.30. The SMILES string of the molecule is O=C(O)Cc1cc2n(n1)CCCC2. The molecule has 0 atom stereocenters. The van der Waals surface area contributed by atoms with Crippen LogP contribution in [0.25, 0.3) is 0 Å². The molecule has 0 aromatic carbocycles. The second-order valence-corrected chi connectivity index (χ2v) is 3.38. The van der Waals surface area contributed by atoms with Crippen LogP contribution in [-0.2, 0) is 24.2 Å². The van der Waals surface area contributed by atoms with Crippen molar-refractivity contribution in [3.8, 4) is 0 Å². The summed E-state index contributed by atoms with van der Waals surface area (Å²) in [4.78, 5) is 10.4. The minimum atomic E-state index is -0.810.